The van der Waals surface area contributed by atoms with Crippen molar-refractivity contribution < 1.29 is 9.18 Å². The molecule has 0 unspecified atom stereocenters. The third-order valence-corrected chi connectivity index (χ3v) is 4.59. The Morgan fingerprint density at radius 2 is 1.83 bits per heavy atom. The van der Waals surface area contributed by atoms with Gasteiger partial charge in [-0.05, 0) is 41.6 Å². The second-order valence-corrected chi connectivity index (χ2v) is 6.66. The van der Waals surface area contributed by atoms with Crippen LogP contribution < -0.4 is 11.1 Å². The Morgan fingerprint density at radius 1 is 1.00 bits per heavy atom. The molecule has 29 heavy (non-hydrogen) atoms. The first kappa shape index (κ1) is 18.5. The van der Waals surface area contributed by atoms with Crippen LogP contribution in [0, 0.1) is 12.7 Å². The first-order chi connectivity index (χ1) is 14.0. The van der Waals surface area contributed by atoms with Gasteiger partial charge >= 0.3 is 0 Å². The number of fused-ring (bicyclic) bond motifs is 1. The molecule has 0 aliphatic carbocycles. The number of nitrogens with one attached hydrogen (secondary N) is 1. The van der Waals surface area contributed by atoms with Crippen molar-refractivity contribution in [2.75, 3.05) is 5.73 Å². The molecule has 1 amide bonds. The second kappa shape index (κ2) is 7.63. The summed E-state index contributed by atoms with van der Waals surface area (Å²) in [4.78, 5) is 25.3. The van der Waals surface area contributed by atoms with Crippen molar-refractivity contribution >= 4 is 22.5 Å². The number of rotatable bonds is 4. The Hall–Kier alpha value is -3.87. The summed E-state index contributed by atoms with van der Waals surface area (Å²) in [5, 5.41) is 4.13. The Morgan fingerprint density at radius 3 is 2.59 bits per heavy atom. The molecule has 0 atom stereocenters. The Kier molecular flexibility index (Phi) is 4.87. The highest BCUT2D eigenvalue weighted by atomic mass is 19.1. The van der Waals surface area contributed by atoms with Crippen molar-refractivity contribution in [2.45, 2.75) is 13.5 Å². The summed E-state index contributed by atoms with van der Waals surface area (Å²) in [6.07, 6.45) is 4.73. The zero-order valence-electron chi connectivity index (χ0n) is 15.7. The van der Waals surface area contributed by atoms with Crippen molar-refractivity contribution in [1.82, 2.24) is 20.3 Å². The number of nitrogen functional groups attached to an aromatic ring is 1. The molecule has 0 aliphatic heterocycles. The van der Waals surface area contributed by atoms with Gasteiger partial charge in [0.2, 0.25) is 0 Å². The largest absolute Gasteiger partial charge is 0.383 e. The summed E-state index contributed by atoms with van der Waals surface area (Å²) in [6, 6.07) is 11.7. The number of aromatic nitrogens is 3. The molecule has 2 aromatic heterocycles. The van der Waals surface area contributed by atoms with Gasteiger partial charge in [-0.1, -0.05) is 24.3 Å². The number of nitrogens with two attached hydrogens (primary N) is 1. The van der Waals surface area contributed by atoms with Crippen LogP contribution in [0.4, 0.5) is 10.2 Å². The van der Waals surface area contributed by atoms with E-state index >= 15 is 0 Å². The van der Waals surface area contributed by atoms with Crippen LogP contribution in [0.3, 0.4) is 0 Å². The molecule has 3 N–H and O–H groups in total. The van der Waals surface area contributed by atoms with Crippen LogP contribution in [0.25, 0.3) is 21.9 Å². The lowest BCUT2D eigenvalue weighted by molar-refractivity contribution is 0.0951. The van der Waals surface area contributed by atoms with Gasteiger partial charge in [-0.2, -0.15) is 0 Å². The fourth-order valence-corrected chi connectivity index (χ4v) is 3.07. The quantitative estimate of drug-likeness (QED) is 0.557. The molecule has 0 saturated heterocycles. The van der Waals surface area contributed by atoms with Gasteiger partial charge in [-0.25, -0.2) is 9.37 Å². The standard InChI is InChI=1S/C22H18FN5O/c1-13-9-26-17(10-25-13)11-28-22(29)20-12-27-21(24)19-8-15(5-6-18(19)20)14-3-2-4-16(23)7-14/h2-10,12H,11H2,1H3,(H2,24,27)(H,28,29). The number of carbonyl (C=O) groups excluding carboxylic acids is 1. The van der Waals surface area contributed by atoms with Crippen LogP contribution in [0.2, 0.25) is 0 Å². The first-order valence-electron chi connectivity index (χ1n) is 9.01. The van der Waals surface area contributed by atoms with E-state index in [4.69, 9.17) is 5.73 Å². The minimum Gasteiger partial charge on any atom is -0.383 e. The number of benzene rings is 2. The summed E-state index contributed by atoms with van der Waals surface area (Å²) < 4.78 is 13.6. The maximum absolute atomic E-state index is 13.6. The van der Waals surface area contributed by atoms with Crippen molar-refractivity contribution in [1.29, 1.82) is 0 Å². The molecule has 0 saturated carbocycles. The fourth-order valence-electron chi connectivity index (χ4n) is 3.07. The molecule has 0 spiro atoms. The van der Waals surface area contributed by atoms with Gasteiger partial charge in [0.05, 0.1) is 29.7 Å². The second-order valence-electron chi connectivity index (χ2n) is 6.66. The molecule has 7 heteroatoms. The minimum absolute atomic E-state index is 0.249. The van der Waals surface area contributed by atoms with E-state index < -0.39 is 0 Å². The highest BCUT2D eigenvalue weighted by molar-refractivity contribution is 6.09. The van der Waals surface area contributed by atoms with Crippen molar-refractivity contribution in [3.05, 3.63) is 83.8 Å². The van der Waals surface area contributed by atoms with E-state index in [1.54, 1.807) is 24.5 Å². The molecular weight excluding hydrogens is 369 g/mol. The number of hydrogen-bond acceptors (Lipinski definition) is 5. The summed E-state index contributed by atoms with van der Waals surface area (Å²) in [7, 11) is 0. The smallest absolute Gasteiger partial charge is 0.253 e. The highest BCUT2D eigenvalue weighted by Crippen LogP contribution is 2.29. The zero-order valence-corrected chi connectivity index (χ0v) is 15.7. The number of pyridine rings is 1. The van der Waals surface area contributed by atoms with Crippen LogP contribution in [0.5, 0.6) is 0 Å². The number of hydrogen-bond donors (Lipinski definition) is 2. The predicted octanol–water partition coefficient (Wildman–Crippen LogP) is 3.65. The predicted molar refractivity (Wildman–Crippen MR) is 109 cm³/mol. The van der Waals surface area contributed by atoms with Crippen molar-refractivity contribution in [2.24, 2.45) is 0 Å². The lowest BCUT2D eigenvalue weighted by Crippen LogP contribution is -2.24. The summed E-state index contributed by atoms with van der Waals surface area (Å²) in [5.41, 5.74) is 9.43. The number of halogens is 1. The summed E-state index contributed by atoms with van der Waals surface area (Å²) in [5.74, 6) is -0.302. The molecular formula is C22H18FN5O. The van der Waals surface area contributed by atoms with E-state index in [9.17, 15) is 9.18 Å². The van der Waals surface area contributed by atoms with Crippen LogP contribution in [-0.4, -0.2) is 20.9 Å². The Balaban J connectivity index is 1.65. The van der Waals surface area contributed by atoms with Crippen LogP contribution in [-0.2, 0) is 6.54 Å². The molecule has 4 aromatic rings. The van der Waals surface area contributed by atoms with Crippen LogP contribution in [0.1, 0.15) is 21.7 Å². The molecule has 0 aliphatic rings. The third-order valence-electron chi connectivity index (χ3n) is 4.59. The molecule has 4 rings (SSSR count). The fraction of sp³-hybridized carbons (Fsp3) is 0.0909. The summed E-state index contributed by atoms with van der Waals surface area (Å²) in [6.45, 7) is 2.10. The Bertz CT molecular complexity index is 1210. The van der Waals surface area contributed by atoms with Gasteiger partial charge in [0.1, 0.15) is 11.6 Å². The number of anilines is 1. The van der Waals surface area contributed by atoms with E-state index in [1.165, 1.54) is 18.3 Å². The number of nitrogens with zero attached hydrogens (tertiary/aromatic N) is 3. The average molecular weight is 387 g/mol. The Labute approximate surface area is 166 Å². The van der Waals surface area contributed by atoms with Crippen molar-refractivity contribution in [3.8, 4) is 11.1 Å². The van der Waals surface area contributed by atoms with E-state index in [0.717, 1.165) is 16.8 Å². The number of aryl methyl sites for hydroxylation is 1. The molecule has 2 aromatic carbocycles. The van der Waals surface area contributed by atoms with E-state index in [0.29, 0.717) is 27.8 Å². The average Bonchev–Trinajstić information content (AvgIpc) is 2.73. The number of amides is 1. The van der Waals surface area contributed by atoms with E-state index in [-0.39, 0.29) is 18.3 Å². The van der Waals surface area contributed by atoms with Gasteiger partial charge in [0.15, 0.2) is 0 Å². The van der Waals surface area contributed by atoms with Gasteiger partial charge in [-0.3, -0.25) is 14.8 Å². The van der Waals surface area contributed by atoms with Gasteiger partial charge < -0.3 is 11.1 Å². The maximum atomic E-state index is 13.6. The molecule has 144 valence electrons. The molecule has 0 radical (unpaired) electrons. The lowest BCUT2D eigenvalue weighted by Gasteiger charge is -2.11. The monoisotopic (exact) mass is 387 g/mol. The van der Waals surface area contributed by atoms with E-state index in [1.807, 2.05) is 25.1 Å². The molecule has 6 nitrogen and oxygen atoms in total. The summed E-state index contributed by atoms with van der Waals surface area (Å²) >= 11 is 0. The molecule has 2 heterocycles. The van der Waals surface area contributed by atoms with Gasteiger partial charge in [-0.15, -0.1) is 0 Å². The normalized spacial score (nSPS) is 10.8. The van der Waals surface area contributed by atoms with Crippen LogP contribution in [0.15, 0.2) is 61.1 Å². The first-order valence-corrected chi connectivity index (χ1v) is 9.01. The number of carbonyl (C=O) groups is 1. The zero-order chi connectivity index (χ0) is 20.4. The van der Waals surface area contributed by atoms with Gasteiger partial charge in [0, 0.05) is 17.8 Å². The van der Waals surface area contributed by atoms with Crippen LogP contribution >= 0.6 is 0 Å². The SMILES string of the molecule is Cc1cnc(CNC(=O)c2cnc(N)c3cc(-c4cccc(F)c4)ccc23)cn1. The maximum Gasteiger partial charge on any atom is 0.253 e. The lowest BCUT2D eigenvalue weighted by atomic mass is 9.99. The minimum atomic E-state index is -0.318. The molecule has 0 bridgehead atoms. The van der Waals surface area contributed by atoms with E-state index in [2.05, 4.69) is 20.3 Å². The third kappa shape index (κ3) is 3.89. The van der Waals surface area contributed by atoms with Gasteiger partial charge in [0.25, 0.3) is 5.91 Å². The highest BCUT2D eigenvalue weighted by Gasteiger charge is 2.14. The van der Waals surface area contributed by atoms with Crippen molar-refractivity contribution in [3.63, 3.8) is 0 Å². The molecule has 0 fully saturated rings. The topological polar surface area (TPSA) is 93.8 Å².